The molecule has 1 aliphatic heterocycles. The molecule has 1 fully saturated rings. The van der Waals surface area contributed by atoms with E-state index in [0.29, 0.717) is 6.04 Å². The molecular weight excluding hydrogens is 200 g/mol. The van der Waals surface area contributed by atoms with Crippen LogP contribution in [0, 0.1) is 0 Å². The Hall–Kier alpha value is -1.35. The van der Waals surface area contributed by atoms with Gasteiger partial charge in [-0.25, -0.2) is 0 Å². The number of benzene rings is 1. The van der Waals surface area contributed by atoms with Crippen LogP contribution in [0.3, 0.4) is 0 Å². The first-order valence-corrected chi connectivity index (χ1v) is 5.98. The lowest BCUT2D eigenvalue weighted by Gasteiger charge is -2.23. The summed E-state index contributed by atoms with van der Waals surface area (Å²) in [6, 6.07) is 7.01. The van der Waals surface area contributed by atoms with Crippen molar-refractivity contribution in [2.45, 2.75) is 31.7 Å². The number of aromatic nitrogens is 1. The summed E-state index contributed by atoms with van der Waals surface area (Å²) in [5.74, 6) is 0. The summed E-state index contributed by atoms with van der Waals surface area (Å²) < 4.78 is 5.18. The monoisotopic (exact) mass is 216 g/mol. The number of hydrogen-bond donors (Lipinski definition) is 1. The van der Waals surface area contributed by atoms with Gasteiger partial charge in [0.25, 0.3) is 0 Å². The maximum Gasteiger partial charge on any atom is 0.167 e. The molecule has 0 aliphatic carbocycles. The van der Waals surface area contributed by atoms with Gasteiger partial charge in [0.05, 0.1) is 6.20 Å². The Morgan fingerprint density at radius 1 is 1.38 bits per heavy atom. The molecule has 1 unspecified atom stereocenters. The normalized spacial score (nSPS) is 21.4. The fourth-order valence-electron chi connectivity index (χ4n) is 2.41. The molecule has 2 heterocycles. The minimum Gasteiger partial charge on any atom is -0.356 e. The van der Waals surface area contributed by atoms with E-state index < -0.39 is 0 Å². The summed E-state index contributed by atoms with van der Waals surface area (Å²) >= 11 is 0. The number of rotatable bonds is 2. The highest BCUT2D eigenvalue weighted by molar-refractivity contribution is 5.76. The number of piperidine rings is 1. The number of nitrogens with zero attached hydrogens (tertiary/aromatic N) is 1. The zero-order valence-electron chi connectivity index (χ0n) is 9.28. The molecular formula is C13H16N2O. The Balaban J connectivity index is 1.77. The Morgan fingerprint density at radius 2 is 2.38 bits per heavy atom. The molecule has 3 heteroatoms. The van der Waals surface area contributed by atoms with Crippen molar-refractivity contribution < 1.29 is 4.52 Å². The molecule has 3 rings (SSSR count). The van der Waals surface area contributed by atoms with Crippen LogP contribution in [0.25, 0.3) is 11.0 Å². The summed E-state index contributed by atoms with van der Waals surface area (Å²) in [5.41, 5.74) is 2.23. The highest BCUT2D eigenvalue weighted by Gasteiger charge is 2.13. The standard InChI is InChI=1S/C13H16N2O/c1-2-6-14-12(3-1)7-10-4-5-11-9-15-16-13(11)8-10/h4-5,8-9,12,14H,1-3,6-7H2. The molecule has 0 bridgehead atoms. The summed E-state index contributed by atoms with van der Waals surface area (Å²) in [4.78, 5) is 0. The third-order valence-electron chi connectivity index (χ3n) is 3.32. The number of hydrogen-bond acceptors (Lipinski definition) is 3. The largest absolute Gasteiger partial charge is 0.356 e. The maximum absolute atomic E-state index is 5.18. The summed E-state index contributed by atoms with van der Waals surface area (Å²) in [5, 5.41) is 8.45. The fourth-order valence-corrected chi connectivity index (χ4v) is 2.41. The van der Waals surface area contributed by atoms with E-state index in [9.17, 15) is 0 Å². The SMILES string of the molecule is c1cc2cnoc2cc1CC1CCCCN1. The van der Waals surface area contributed by atoms with Crippen LogP contribution in [0.2, 0.25) is 0 Å². The van der Waals surface area contributed by atoms with Gasteiger partial charge in [-0.05, 0) is 43.5 Å². The summed E-state index contributed by atoms with van der Waals surface area (Å²) in [7, 11) is 0. The second-order valence-electron chi connectivity index (χ2n) is 4.55. The predicted molar refractivity (Wildman–Crippen MR) is 63.4 cm³/mol. The summed E-state index contributed by atoms with van der Waals surface area (Å²) in [6.45, 7) is 1.16. The van der Waals surface area contributed by atoms with Gasteiger partial charge in [0, 0.05) is 11.4 Å². The van der Waals surface area contributed by atoms with Crippen LogP contribution in [0.4, 0.5) is 0 Å². The zero-order chi connectivity index (χ0) is 10.8. The van der Waals surface area contributed by atoms with Crippen molar-refractivity contribution >= 4 is 11.0 Å². The van der Waals surface area contributed by atoms with Crippen LogP contribution >= 0.6 is 0 Å². The number of nitrogens with one attached hydrogen (secondary N) is 1. The van der Waals surface area contributed by atoms with Gasteiger partial charge in [-0.15, -0.1) is 0 Å². The average molecular weight is 216 g/mol. The van der Waals surface area contributed by atoms with Crippen molar-refractivity contribution in [2.24, 2.45) is 0 Å². The van der Waals surface area contributed by atoms with Gasteiger partial charge < -0.3 is 9.84 Å². The van der Waals surface area contributed by atoms with Crippen LogP contribution in [0.1, 0.15) is 24.8 Å². The molecule has 1 atom stereocenters. The third kappa shape index (κ3) is 1.95. The lowest BCUT2D eigenvalue weighted by molar-refractivity contribution is 0.399. The first-order chi connectivity index (χ1) is 7.92. The molecule has 16 heavy (non-hydrogen) atoms. The molecule has 1 saturated heterocycles. The van der Waals surface area contributed by atoms with Crippen molar-refractivity contribution in [3.05, 3.63) is 30.0 Å². The minimum absolute atomic E-state index is 0.633. The van der Waals surface area contributed by atoms with Crippen molar-refractivity contribution in [1.82, 2.24) is 10.5 Å². The van der Waals surface area contributed by atoms with Crippen molar-refractivity contribution in [3.63, 3.8) is 0 Å². The third-order valence-corrected chi connectivity index (χ3v) is 3.32. The first-order valence-electron chi connectivity index (χ1n) is 5.98. The van der Waals surface area contributed by atoms with E-state index in [2.05, 4.69) is 28.7 Å². The Bertz CT molecular complexity index is 471. The van der Waals surface area contributed by atoms with E-state index in [1.807, 2.05) is 0 Å². The molecule has 1 aliphatic rings. The van der Waals surface area contributed by atoms with E-state index in [1.165, 1.54) is 24.8 Å². The van der Waals surface area contributed by atoms with E-state index in [4.69, 9.17) is 4.52 Å². The van der Waals surface area contributed by atoms with Crippen molar-refractivity contribution in [2.75, 3.05) is 6.54 Å². The molecule has 0 radical (unpaired) electrons. The van der Waals surface area contributed by atoms with Gasteiger partial charge in [-0.2, -0.15) is 0 Å². The fraction of sp³-hybridized carbons (Fsp3) is 0.462. The topological polar surface area (TPSA) is 38.1 Å². The van der Waals surface area contributed by atoms with Gasteiger partial charge in [-0.1, -0.05) is 17.6 Å². The molecule has 0 amide bonds. The van der Waals surface area contributed by atoms with Gasteiger partial charge in [0.15, 0.2) is 5.58 Å². The van der Waals surface area contributed by atoms with Gasteiger partial charge in [0.1, 0.15) is 0 Å². The van der Waals surface area contributed by atoms with E-state index in [0.717, 1.165) is 23.9 Å². The van der Waals surface area contributed by atoms with E-state index >= 15 is 0 Å². The van der Waals surface area contributed by atoms with Crippen LogP contribution in [0.15, 0.2) is 28.9 Å². The van der Waals surface area contributed by atoms with Crippen LogP contribution in [-0.2, 0) is 6.42 Å². The molecule has 3 nitrogen and oxygen atoms in total. The number of fused-ring (bicyclic) bond motifs is 1. The van der Waals surface area contributed by atoms with Crippen LogP contribution < -0.4 is 5.32 Å². The van der Waals surface area contributed by atoms with Crippen LogP contribution in [-0.4, -0.2) is 17.7 Å². The summed E-state index contributed by atoms with van der Waals surface area (Å²) in [6.07, 6.45) is 6.81. The smallest absolute Gasteiger partial charge is 0.167 e. The quantitative estimate of drug-likeness (QED) is 0.838. The van der Waals surface area contributed by atoms with Gasteiger partial charge in [-0.3, -0.25) is 0 Å². The Kier molecular flexibility index (Phi) is 2.62. The molecule has 84 valence electrons. The zero-order valence-corrected chi connectivity index (χ0v) is 9.28. The average Bonchev–Trinajstić information content (AvgIpc) is 2.77. The molecule has 1 N–H and O–H groups in total. The Labute approximate surface area is 94.8 Å². The highest BCUT2D eigenvalue weighted by Crippen LogP contribution is 2.18. The van der Waals surface area contributed by atoms with Gasteiger partial charge >= 0.3 is 0 Å². The lowest BCUT2D eigenvalue weighted by atomic mass is 9.97. The highest BCUT2D eigenvalue weighted by atomic mass is 16.5. The Morgan fingerprint density at radius 3 is 3.25 bits per heavy atom. The molecule has 2 aromatic rings. The van der Waals surface area contributed by atoms with Crippen molar-refractivity contribution in [1.29, 1.82) is 0 Å². The molecule has 0 saturated carbocycles. The first kappa shape index (κ1) is 9.85. The van der Waals surface area contributed by atoms with Gasteiger partial charge in [0.2, 0.25) is 0 Å². The second-order valence-corrected chi connectivity index (χ2v) is 4.55. The van der Waals surface area contributed by atoms with E-state index in [1.54, 1.807) is 6.20 Å². The van der Waals surface area contributed by atoms with Crippen LogP contribution in [0.5, 0.6) is 0 Å². The molecule has 0 spiro atoms. The van der Waals surface area contributed by atoms with Crippen molar-refractivity contribution in [3.8, 4) is 0 Å². The lowest BCUT2D eigenvalue weighted by Crippen LogP contribution is -2.35. The second kappa shape index (κ2) is 4.26. The van der Waals surface area contributed by atoms with E-state index in [-0.39, 0.29) is 0 Å². The molecule has 1 aromatic heterocycles. The predicted octanol–water partition coefficient (Wildman–Crippen LogP) is 2.51. The maximum atomic E-state index is 5.18. The molecule has 1 aromatic carbocycles. The minimum atomic E-state index is 0.633.